The first-order valence-electron chi connectivity index (χ1n) is 10.7. The Morgan fingerprint density at radius 2 is 1.94 bits per heavy atom. The zero-order valence-electron chi connectivity index (χ0n) is 17.7. The van der Waals surface area contributed by atoms with Gasteiger partial charge in [-0.15, -0.1) is 0 Å². The van der Waals surface area contributed by atoms with E-state index in [1.54, 1.807) is 11.0 Å². The lowest BCUT2D eigenvalue weighted by Gasteiger charge is -2.49. The van der Waals surface area contributed by atoms with Gasteiger partial charge in [0.25, 0.3) is 5.91 Å². The third-order valence-corrected chi connectivity index (χ3v) is 6.56. The third kappa shape index (κ3) is 3.30. The van der Waals surface area contributed by atoms with E-state index in [0.29, 0.717) is 18.5 Å². The largest absolute Gasteiger partial charge is 0.477 e. The van der Waals surface area contributed by atoms with Crippen molar-refractivity contribution in [3.8, 4) is 0 Å². The van der Waals surface area contributed by atoms with Crippen molar-refractivity contribution in [1.82, 2.24) is 9.80 Å². The molecule has 2 unspecified atom stereocenters. The minimum atomic E-state index is -1.11. The number of pyridine rings is 1. The Labute approximate surface area is 185 Å². The van der Waals surface area contributed by atoms with Gasteiger partial charge >= 0.3 is 5.97 Å². The number of likely N-dealkylation sites (tertiary alicyclic amines) is 1. The van der Waals surface area contributed by atoms with Crippen molar-refractivity contribution >= 4 is 23.9 Å². The number of aliphatic carboxylic acids is 1. The molecule has 1 N–H and O–H groups in total. The number of carboxylic acid groups (broad SMARTS) is 1. The molecule has 32 heavy (non-hydrogen) atoms. The standard InChI is InChI=1S/C25H23N3O4/c1-16(29)27-15-20-12-19(22(25(31)32)28-21(20)23(27)24(28)30)10-9-18-8-5-11-26(14-18)13-17-6-3-2-4-7-17/h2-11,14,20-21,23H,12-13,15H2,1H3/p+1/t20?,21-,23?/m1/s1. The average Bonchev–Trinajstić information content (AvgIpc) is 3.15. The molecule has 2 saturated heterocycles. The molecular weight excluding hydrogens is 406 g/mol. The predicted molar refractivity (Wildman–Crippen MR) is 116 cm³/mol. The van der Waals surface area contributed by atoms with Gasteiger partial charge in [-0.05, 0) is 24.1 Å². The molecule has 0 radical (unpaired) electrons. The summed E-state index contributed by atoms with van der Waals surface area (Å²) in [6.45, 7) is 2.68. The van der Waals surface area contributed by atoms with Crippen molar-refractivity contribution < 1.29 is 24.1 Å². The number of hydrogen-bond acceptors (Lipinski definition) is 3. The van der Waals surface area contributed by atoms with Crippen molar-refractivity contribution in [2.75, 3.05) is 6.54 Å². The van der Waals surface area contributed by atoms with Gasteiger partial charge in [0.15, 0.2) is 18.9 Å². The van der Waals surface area contributed by atoms with Crippen molar-refractivity contribution in [3.05, 3.63) is 83.3 Å². The zero-order valence-corrected chi connectivity index (χ0v) is 17.7. The predicted octanol–water partition coefficient (Wildman–Crippen LogP) is 1.84. The fraction of sp³-hybridized carbons (Fsp3) is 0.280. The van der Waals surface area contributed by atoms with E-state index in [1.807, 2.05) is 48.8 Å². The Morgan fingerprint density at radius 3 is 2.66 bits per heavy atom. The molecule has 5 rings (SSSR count). The van der Waals surface area contributed by atoms with Crippen LogP contribution in [0.2, 0.25) is 0 Å². The summed E-state index contributed by atoms with van der Waals surface area (Å²) in [4.78, 5) is 39.7. The molecule has 7 nitrogen and oxygen atoms in total. The van der Waals surface area contributed by atoms with Crippen LogP contribution in [0.1, 0.15) is 24.5 Å². The number of β-lactam (4-membered cyclic amide) rings is 1. The van der Waals surface area contributed by atoms with Crippen LogP contribution in [0.3, 0.4) is 0 Å². The quantitative estimate of drug-likeness (QED) is 0.580. The molecule has 0 spiro atoms. The van der Waals surface area contributed by atoms with E-state index in [-0.39, 0.29) is 29.5 Å². The van der Waals surface area contributed by atoms with Crippen molar-refractivity contribution in [1.29, 1.82) is 0 Å². The first kappa shape index (κ1) is 20.2. The van der Waals surface area contributed by atoms with E-state index in [9.17, 15) is 19.5 Å². The van der Waals surface area contributed by atoms with Crippen molar-refractivity contribution in [2.24, 2.45) is 5.92 Å². The van der Waals surface area contributed by atoms with Gasteiger partial charge in [0, 0.05) is 36.6 Å². The molecule has 7 heteroatoms. The number of nitrogens with zero attached hydrogens (tertiary/aromatic N) is 3. The fourth-order valence-electron chi connectivity index (χ4n) is 5.18. The van der Waals surface area contributed by atoms with E-state index in [0.717, 1.165) is 12.1 Å². The Kier molecular flexibility index (Phi) is 4.89. The molecule has 0 bridgehead atoms. The maximum Gasteiger partial charge on any atom is 0.352 e. The number of hydrogen-bond donors (Lipinski definition) is 1. The topological polar surface area (TPSA) is 81.8 Å². The molecule has 1 aromatic carbocycles. The maximum absolute atomic E-state index is 12.7. The van der Waals surface area contributed by atoms with E-state index in [4.69, 9.17) is 0 Å². The second kappa shape index (κ2) is 7.75. The summed E-state index contributed by atoms with van der Waals surface area (Å²) in [5.41, 5.74) is 2.79. The molecule has 4 heterocycles. The van der Waals surface area contributed by atoms with Gasteiger partial charge in [-0.3, -0.25) is 14.5 Å². The van der Waals surface area contributed by atoms with Crippen LogP contribution < -0.4 is 4.57 Å². The van der Waals surface area contributed by atoms with Gasteiger partial charge in [-0.25, -0.2) is 9.36 Å². The van der Waals surface area contributed by atoms with Crippen LogP contribution in [0.4, 0.5) is 0 Å². The molecule has 0 saturated carbocycles. The van der Waals surface area contributed by atoms with Crippen LogP contribution in [-0.4, -0.2) is 51.3 Å². The highest BCUT2D eigenvalue weighted by molar-refractivity contribution is 6.02. The number of carbonyl (C=O) groups is 3. The lowest BCUT2D eigenvalue weighted by Crippen LogP contribution is -2.69. The summed E-state index contributed by atoms with van der Waals surface area (Å²) in [6, 6.07) is 13.3. The van der Waals surface area contributed by atoms with Gasteiger partial charge in [0.2, 0.25) is 5.91 Å². The fourth-order valence-corrected chi connectivity index (χ4v) is 5.18. The van der Waals surface area contributed by atoms with Gasteiger partial charge < -0.3 is 10.0 Å². The van der Waals surface area contributed by atoms with Crippen LogP contribution in [-0.2, 0) is 20.9 Å². The number of carboxylic acids is 1. The van der Waals surface area contributed by atoms with E-state index < -0.39 is 12.0 Å². The van der Waals surface area contributed by atoms with Gasteiger partial charge in [0.05, 0.1) is 6.04 Å². The molecule has 3 aliphatic rings. The number of aromatic nitrogens is 1. The van der Waals surface area contributed by atoms with E-state index in [2.05, 4.69) is 16.7 Å². The second-order valence-electron chi connectivity index (χ2n) is 8.59. The highest BCUT2D eigenvalue weighted by Crippen LogP contribution is 2.47. The molecule has 1 aromatic heterocycles. The first-order chi connectivity index (χ1) is 15.4. The molecular formula is C25H24N3O4+. The Morgan fingerprint density at radius 1 is 1.16 bits per heavy atom. The van der Waals surface area contributed by atoms with Gasteiger partial charge in [-0.2, -0.15) is 0 Å². The number of amides is 2. The molecule has 3 atom stereocenters. The minimum absolute atomic E-state index is 0.0437. The zero-order chi connectivity index (χ0) is 22.4. The number of allylic oxidation sites excluding steroid dienone is 2. The van der Waals surface area contributed by atoms with Crippen molar-refractivity contribution in [2.45, 2.75) is 32.0 Å². The lowest BCUT2D eigenvalue weighted by molar-refractivity contribution is -0.688. The number of carbonyl (C=O) groups excluding carboxylic acids is 2. The number of rotatable bonds is 5. The second-order valence-corrected chi connectivity index (χ2v) is 8.59. The summed E-state index contributed by atoms with van der Waals surface area (Å²) >= 11 is 0. The molecule has 2 amide bonds. The highest BCUT2D eigenvalue weighted by atomic mass is 16.4. The van der Waals surface area contributed by atoms with Crippen LogP contribution in [0.15, 0.2) is 72.2 Å². The summed E-state index contributed by atoms with van der Waals surface area (Å²) in [5, 5.41) is 9.85. The SMILES string of the molecule is CC(=O)N1CC2CC(C=Cc3ccc[n+](Cc4ccccc4)c3)=C(C(=O)O)N3C(=O)C1[C@@H]23. The van der Waals surface area contributed by atoms with Crippen LogP contribution in [0.5, 0.6) is 0 Å². The van der Waals surface area contributed by atoms with Gasteiger partial charge in [0.1, 0.15) is 11.7 Å². The third-order valence-electron chi connectivity index (χ3n) is 6.56. The molecule has 2 aromatic rings. The van der Waals surface area contributed by atoms with Crippen LogP contribution in [0.25, 0.3) is 6.08 Å². The van der Waals surface area contributed by atoms with E-state index in [1.165, 1.54) is 17.4 Å². The van der Waals surface area contributed by atoms with Crippen molar-refractivity contribution in [3.63, 3.8) is 0 Å². The lowest BCUT2D eigenvalue weighted by atomic mass is 9.79. The van der Waals surface area contributed by atoms with E-state index >= 15 is 0 Å². The van der Waals surface area contributed by atoms with Crippen LogP contribution >= 0.6 is 0 Å². The first-order valence-corrected chi connectivity index (χ1v) is 10.7. The van der Waals surface area contributed by atoms with Gasteiger partial charge in [-0.1, -0.05) is 36.4 Å². The normalized spacial score (nSPS) is 24.0. The van der Waals surface area contributed by atoms with Crippen LogP contribution in [0, 0.1) is 5.92 Å². The summed E-state index contributed by atoms with van der Waals surface area (Å²) in [7, 11) is 0. The smallest absolute Gasteiger partial charge is 0.352 e. The molecule has 162 valence electrons. The summed E-state index contributed by atoms with van der Waals surface area (Å²) < 4.78 is 2.07. The Bertz CT molecular complexity index is 1170. The molecule has 3 aliphatic heterocycles. The number of benzene rings is 1. The Hall–Kier alpha value is -3.74. The summed E-state index contributed by atoms with van der Waals surface area (Å²) in [6.07, 6.45) is 8.22. The molecule has 0 aliphatic carbocycles. The monoisotopic (exact) mass is 430 g/mol. The highest BCUT2D eigenvalue weighted by Gasteiger charge is 2.63. The summed E-state index contributed by atoms with van der Waals surface area (Å²) in [5.74, 6) is -1.48. The maximum atomic E-state index is 12.7. The molecule has 2 fully saturated rings. The Balaban J connectivity index is 1.42. The average molecular weight is 430 g/mol. The minimum Gasteiger partial charge on any atom is -0.477 e.